The number of aromatic nitrogens is 3. The van der Waals surface area contributed by atoms with Crippen molar-refractivity contribution in [3.05, 3.63) is 64.9 Å². The van der Waals surface area contributed by atoms with Gasteiger partial charge in [-0.2, -0.15) is 18.3 Å². The predicted octanol–water partition coefficient (Wildman–Crippen LogP) is 3.40. The number of hydrogen-bond donors (Lipinski definition) is 1. The Morgan fingerprint density at radius 1 is 1.28 bits per heavy atom. The molecule has 0 saturated carbocycles. The van der Waals surface area contributed by atoms with Gasteiger partial charge in [0.15, 0.2) is 5.13 Å². The molecule has 29 heavy (non-hydrogen) atoms. The van der Waals surface area contributed by atoms with Gasteiger partial charge in [-0.1, -0.05) is 23.5 Å². The number of nitrogens with zero attached hydrogens (tertiary/aromatic N) is 4. The third-order valence-electron chi connectivity index (χ3n) is 4.85. The molecule has 2 aromatic heterocycles. The first-order valence-corrected chi connectivity index (χ1v) is 9.74. The van der Waals surface area contributed by atoms with Crippen molar-refractivity contribution in [3.63, 3.8) is 0 Å². The number of rotatable bonds is 4. The number of carbonyl (C=O) groups excluding carboxylic acids is 1. The smallest absolute Gasteiger partial charge is 0.391 e. The molecule has 2 atom stereocenters. The lowest BCUT2D eigenvalue weighted by molar-refractivity contribution is -0.137. The topological polar surface area (TPSA) is 71.2 Å². The van der Waals surface area contributed by atoms with Gasteiger partial charge in [-0.3, -0.25) is 9.48 Å². The highest BCUT2D eigenvalue weighted by Crippen LogP contribution is 2.32. The minimum Gasteiger partial charge on any atom is -0.391 e. The van der Waals surface area contributed by atoms with Gasteiger partial charge in [0.05, 0.1) is 28.8 Å². The van der Waals surface area contributed by atoms with Crippen molar-refractivity contribution in [2.24, 2.45) is 0 Å². The summed E-state index contributed by atoms with van der Waals surface area (Å²) in [6.07, 6.45) is 0.267. The fourth-order valence-corrected chi connectivity index (χ4v) is 4.24. The van der Waals surface area contributed by atoms with E-state index in [1.54, 1.807) is 23.1 Å². The number of benzene rings is 1. The summed E-state index contributed by atoms with van der Waals surface area (Å²) in [5.41, 5.74) is -0.890. The number of halogens is 3. The van der Waals surface area contributed by atoms with Crippen LogP contribution in [-0.2, 0) is 6.18 Å². The normalized spacial score (nSPS) is 20.1. The lowest BCUT2D eigenvalue weighted by atomic mass is 10.0. The number of aliphatic hydroxyl groups is 1. The molecule has 2 unspecified atom stereocenters. The summed E-state index contributed by atoms with van der Waals surface area (Å²) in [6.45, 7) is 1.02. The number of piperidine rings is 1. The van der Waals surface area contributed by atoms with Crippen LogP contribution in [0.3, 0.4) is 0 Å². The number of ketones is 1. The Labute approximate surface area is 168 Å². The second kappa shape index (κ2) is 7.60. The predicted molar refractivity (Wildman–Crippen MR) is 101 cm³/mol. The lowest BCUT2D eigenvalue weighted by Crippen LogP contribution is -2.44. The number of anilines is 1. The molecular weight excluding hydrogens is 405 g/mol. The largest absolute Gasteiger partial charge is 0.416 e. The van der Waals surface area contributed by atoms with Crippen LogP contribution in [0.4, 0.5) is 18.3 Å². The molecule has 3 heterocycles. The maximum absolute atomic E-state index is 12.9. The lowest BCUT2D eigenvalue weighted by Gasteiger charge is -2.36. The van der Waals surface area contributed by atoms with Crippen LogP contribution in [0.2, 0.25) is 0 Å². The van der Waals surface area contributed by atoms with E-state index in [2.05, 4.69) is 10.1 Å². The molecule has 0 spiro atoms. The highest BCUT2D eigenvalue weighted by Gasteiger charge is 2.32. The number of alkyl halides is 3. The number of thiazole rings is 1. The summed E-state index contributed by atoms with van der Waals surface area (Å²) in [4.78, 5) is 19.2. The van der Waals surface area contributed by atoms with Crippen LogP contribution in [0, 0.1) is 0 Å². The Morgan fingerprint density at radius 3 is 2.83 bits per heavy atom. The molecule has 3 aromatic rings. The highest BCUT2D eigenvalue weighted by molar-refractivity contribution is 7.17. The molecule has 6 nitrogen and oxygen atoms in total. The van der Waals surface area contributed by atoms with Gasteiger partial charge >= 0.3 is 6.18 Å². The van der Waals surface area contributed by atoms with E-state index in [9.17, 15) is 23.1 Å². The van der Waals surface area contributed by atoms with Gasteiger partial charge in [-0.15, -0.1) is 0 Å². The van der Waals surface area contributed by atoms with E-state index < -0.39 is 23.6 Å². The summed E-state index contributed by atoms with van der Waals surface area (Å²) in [5.74, 6) is -0.500. The van der Waals surface area contributed by atoms with Gasteiger partial charge in [-0.05, 0) is 24.6 Å². The fourth-order valence-electron chi connectivity index (χ4n) is 3.32. The molecule has 1 aromatic carbocycles. The molecule has 1 N–H and O–H groups in total. The number of carbonyl (C=O) groups is 1. The summed E-state index contributed by atoms with van der Waals surface area (Å²) in [6, 6.07) is 5.91. The second-order valence-corrected chi connectivity index (χ2v) is 7.78. The fraction of sp³-hybridized carbons (Fsp3) is 0.316. The molecule has 1 aliphatic heterocycles. The third-order valence-corrected chi connectivity index (χ3v) is 5.91. The molecule has 0 bridgehead atoms. The summed E-state index contributed by atoms with van der Waals surface area (Å²) < 4.78 is 40.4. The zero-order valence-corrected chi connectivity index (χ0v) is 15.9. The molecule has 1 saturated heterocycles. The van der Waals surface area contributed by atoms with E-state index >= 15 is 0 Å². The summed E-state index contributed by atoms with van der Waals surface area (Å²) in [7, 11) is 0. The summed E-state index contributed by atoms with van der Waals surface area (Å²) >= 11 is 1.13. The van der Waals surface area contributed by atoms with Crippen LogP contribution in [-0.4, -0.2) is 44.8 Å². The van der Waals surface area contributed by atoms with Crippen molar-refractivity contribution >= 4 is 22.3 Å². The maximum atomic E-state index is 12.9. The molecule has 0 aliphatic carbocycles. The van der Waals surface area contributed by atoms with E-state index in [1.807, 2.05) is 4.90 Å². The minimum absolute atomic E-state index is 0.0292. The van der Waals surface area contributed by atoms with Crippen molar-refractivity contribution in [3.8, 4) is 0 Å². The quantitative estimate of drug-likeness (QED) is 0.653. The van der Waals surface area contributed by atoms with Crippen LogP contribution < -0.4 is 4.90 Å². The number of aliphatic hydroxyl groups excluding tert-OH is 1. The minimum atomic E-state index is -4.51. The summed E-state index contributed by atoms with van der Waals surface area (Å²) in [5, 5.41) is 15.1. The molecule has 4 rings (SSSR count). The SMILES string of the molecule is O=C(c1cccc(C(F)(F)F)c1)c1cnc(N2CCC(O)C(n3cccn3)C2)s1. The number of hydrogen-bond acceptors (Lipinski definition) is 6. The molecule has 152 valence electrons. The average Bonchev–Trinajstić information content (AvgIpc) is 3.39. The zero-order chi connectivity index (χ0) is 20.6. The average molecular weight is 422 g/mol. The van der Waals surface area contributed by atoms with Crippen LogP contribution in [0.25, 0.3) is 0 Å². The van der Waals surface area contributed by atoms with Crippen LogP contribution in [0.15, 0.2) is 48.9 Å². The van der Waals surface area contributed by atoms with Gasteiger partial charge in [0.2, 0.25) is 5.78 Å². The Hall–Kier alpha value is -2.72. The Kier molecular flexibility index (Phi) is 5.13. The monoisotopic (exact) mass is 422 g/mol. The van der Waals surface area contributed by atoms with Crippen LogP contribution >= 0.6 is 11.3 Å². The van der Waals surface area contributed by atoms with Crippen molar-refractivity contribution in [2.45, 2.75) is 24.7 Å². The standard InChI is InChI=1S/C19H17F3N4O2S/c20-19(21,22)13-4-1-3-12(9-13)17(28)16-10-23-18(29-16)25-8-5-15(27)14(11-25)26-7-2-6-24-26/h1-4,6-7,9-10,14-15,27H,5,8,11H2. The molecule has 1 aliphatic rings. The van der Waals surface area contributed by atoms with Gasteiger partial charge in [0, 0.05) is 31.0 Å². The van der Waals surface area contributed by atoms with Gasteiger partial charge in [-0.25, -0.2) is 4.98 Å². The van der Waals surface area contributed by atoms with Crippen LogP contribution in [0.1, 0.15) is 33.3 Å². The van der Waals surface area contributed by atoms with Crippen molar-refractivity contribution < 1.29 is 23.1 Å². The first-order chi connectivity index (χ1) is 13.8. The van der Waals surface area contributed by atoms with Crippen molar-refractivity contribution in [1.82, 2.24) is 14.8 Å². The molecule has 0 amide bonds. The Balaban J connectivity index is 1.53. The van der Waals surface area contributed by atoms with Crippen molar-refractivity contribution in [2.75, 3.05) is 18.0 Å². The van der Waals surface area contributed by atoms with E-state index in [-0.39, 0.29) is 16.5 Å². The molecule has 1 fully saturated rings. The van der Waals surface area contributed by atoms with E-state index in [1.165, 1.54) is 18.3 Å². The zero-order valence-electron chi connectivity index (χ0n) is 15.1. The van der Waals surface area contributed by atoms with E-state index in [0.29, 0.717) is 24.6 Å². The first-order valence-electron chi connectivity index (χ1n) is 8.93. The van der Waals surface area contributed by atoms with Gasteiger partial charge in [0.25, 0.3) is 0 Å². The molecule has 0 radical (unpaired) electrons. The van der Waals surface area contributed by atoms with E-state index in [4.69, 9.17) is 0 Å². The Bertz CT molecular complexity index is 1000. The molecular formula is C19H17F3N4O2S. The van der Waals surface area contributed by atoms with Crippen molar-refractivity contribution in [1.29, 1.82) is 0 Å². The highest BCUT2D eigenvalue weighted by atomic mass is 32.1. The van der Waals surface area contributed by atoms with Gasteiger partial charge in [0.1, 0.15) is 0 Å². The van der Waals surface area contributed by atoms with Gasteiger partial charge < -0.3 is 10.0 Å². The molecule has 10 heteroatoms. The Morgan fingerprint density at radius 2 is 2.10 bits per heavy atom. The van der Waals surface area contributed by atoms with E-state index in [0.717, 1.165) is 23.5 Å². The third kappa shape index (κ3) is 4.03. The first kappa shape index (κ1) is 19.6. The maximum Gasteiger partial charge on any atom is 0.416 e. The van der Waals surface area contributed by atoms with Crippen LogP contribution in [0.5, 0.6) is 0 Å². The second-order valence-electron chi connectivity index (χ2n) is 6.77.